The van der Waals surface area contributed by atoms with Crippen molar-refractivity contribution in [2.24, 2.45) is 5.10 Å². The monoisotopic (exact) mass is 551 g/mol. The van der Waals surface area contributed by atoms with Gasteiger partial charge in [-0.1, -0.05) is 38.8 Å². The molecule has 0 unspecified atom stereocenters. The van der Waals surface area contributed by atoms with Gasteiger partial charge in [0, 0.05) is 20.9 Å². The number of aromatic nitrogens is 2. The maximum absolute atomic E-state index is 13.1. The molecular formula is C21H19Br2N3O5. The van der Waals surface area contributed by atoms with E-state index in [2.05, 4.69) is 41.9 Å². The number of nitrogens with zero attached hydrogens (tertiary/aromatic N) is 3. The quantitative estimate of drug-likeness (QED) is 0.440. The fourth-order valence-electron chi connectivity index (χ4n) is 2.85. The number of carboxylic acids is 1. The van der Waals surface area contributed by atoms with Gasteiger partial charge in [-0.3, -0.25) is 4.79 Å². The van der Waals surface area contributed by atoms with Crippen molar-refractivity contribution in [2.45, 2.75) is 26.4 Å². The normalized spacial score (nSPS) is 12.3. The fourth-order valence-corrected chi connectivity index (χ4v) is 3.67. The van der Waals surface area contributed by atoms with Crippen LogP contribution < -0.4 is 15.0 Å². The average Bonchev–Trinajstić information content (AvgIpc) is 2.74. The van der Waals surface area contributed by atoms with Crippen molar-refractivity contribution in [1.29, 1.82) is 0 Å². The number of carboxylic acid groups (broad SMARTS) is 1. The zero-order valence-corrected chi connectivity index (χ0v) is 20.1. The van der Waals surface area contributed by atoms with Gasteiger partial charge in [0.25, 0.3) is 5.56 Å². The van der Waals surface area contributed by atoms with E-state index in [-0.39, 0.29) is 11.3 Å². The number of hydrogen-bond donors (Lipinski definition) is 1. The van der Waals surface area contributed by atoms with E-state index in [1.54, 1.807) is 24.3 Å². The van der Waals surface area contributed by atoms with Crippen LogP contribution in [0.4, 0.5) is 0 Å². The largest absolute Gasteiger partial charge is 0.493 e. The van der Waals surface area contributed by atoms with Crippen molar-refractivity contribution >= 4 is 54.9 Å². The van der Waals surface area contributed by atoms with E-state index in [1.807, 2.05) is 13.0 Å². The first-order valence-electron chi connectivity index (χ1n) is 9.27. The van der Waals surface area contributed by atoms with Gasteiger partial charge in [-0.05, 0) is 37.3 Å². The molecule has 3 aromatic rings. The summed E-state index contributed by atoms with van der Waals surface area (Å²) in [5.74, 6) is -0.111. The first-order valence-corrected chi connectivity index (χ1v) is 10.9. The predicted molar refractivity (Wildman–Crippen MR) is 124 cm³/mol. The van der Waals surface area contributed by atoms with Crippen LogP contribution in [0.5, 0.6) is 11.5 Å². The van der Waals surface area contributed by atoms with Crippen LogP contribution in [0.25, 0.3) is 10.9 Å². The van der Waals surface area contributed by atoms with Crippen LogP contribution in [0.15, 0.2) is 49.2 Å². The molecule has 0 aliphatic carbocycles. The highest BCUT2D eigenvalue weighted by Gasteiger charge is 2.19. The zero-order valence-electron chi connectivity index (χ0n) is 16.9. The number of carbonyl (C=O) groups is 1. The Labute approximate surface area is 194 Å². The Balaban J connectivity index is 2.16. The highest BCUT2D eigenvalue weighted by atomic mass is 79.9. The zero-order chi connectivity index (χ0) is 22.7. The van der Waals surface area contributed by atoms with Crippen molar-refractivity contribution in [3.05, 3.63) is 61.0 Å². The minimum Gasteiger partial charge on any atom is -0.493 e. The maximum Gasteiger partial charge on any atom is 0.344 e. The van der Waals surface area contributed by atoms with Gasteiger partial charge in [0.1, 0.15) is 5.82 Å². The Bertz CT molecular complexity index is 1240. The van der Waals surface area contributed by atoms with E-state index >= 15 is 0 Å². The van der Waals surface area contributed by atoms with E-state index in [0.29, 0.717) is 38.9 Å². The summed E-state index contributed by atoms with van der Waals surface area (Å²) in [7, 11) is 1.45. The van der Waals surface area contributed by atoms with Gasteiger partial charge < -0.3 is 14.6 Å². The first kappa shape index (κ1) is 23.0. The molecule has 0 aliphatic rings. The minimum absolute atomic E-state index is 0.201. The highest BCUT2D eigenvalue weighted by Crippen LogP contribution is 2.35. The number of rotatable bonds is 7. The summed E-state index contributed by atoms with van der Waals surface area (Å²) in [6.07, 6.45) is 0.791. The summed E-state index contributed by atoms with van der Waals surface area (Å²) >= 11 is 6.77. The second kappa shape index (κ2) is 9.61. The summed E-state index contributed by atoms with van der Waals surface area (Å²) in [6.45, 7) is 3.29. The van der Waals surface area contributed by atoms with E-state index in [0.717, 1.165) is 4.47 Å². The van der Waals surface area contributed by atoms with Crippen molar-refractivity contribution < 1.29 is 19.4 Å². The molecule has 2 aromatic carbocycles. The van der Waals surface area contributed by atoms with Crippen molar-refractivity contribution in [1.82, 2.24) is 9.66 Å². The molecule has 3 rings (SSSR count). The highest BCUT2D eigenvalue weighted by molar-refractivity contribution is 9.10. The molecule has 0 aliphatic heterocycles. The summed E-state index contributed by atoms with van der Waals surface area (Å²) in [6, 6.07) is 8.63. The number of methoxy groups -OCH3 is 1. The van der Waals surface area contributed by atoms with Gasteiger partial charge in [-0.2, -0.15) is 9.78 Å². The molecule has 0 saturated heterocycles. The number of aliphatic carboxylic acids is 1. The summed E-state index contributed by atoms with van der Waals surface area (Å²) in [4.78, 5) is 28.9. The molecule has 0 spiro atoms. The van der Waals surface area contributed by atoms with E-state index in [9.17, 15) is 14.7 Å². The molecule has 162 valence electrons. The number of fused-ring (bicyclic) bond motifs is 1. The summed E-state index contributed by atoms with van der Waals surface area (Å²) < 4.78 is 13.6. The molecule has 1 N–H and O–H groups in total. The van der Waals surface area contributed by atoms with Gasteiger partial charge in [0.2, 0.25) is 0 Å². The third-order valence-corrected chi connectivity index (χ3v) is 5.37. The van der Waals surface area contributed by atoms with Crippen LogP contribution in [-0.2, 0) is 11.2 Å². The van der Waals surface area contributed by atoms with Crippen LogP contribution >= 0.6 is 31.9 Å². The average molecular weight is 553 g/mol. The number of aryl methyl sites for hydroxylation is 1. The second-order valence-electron chi connectivity index (χ2n) is 6.53. The molecule has 0 bridgehead atoms. The molecule has 0 radical (unpaired) electrons. The van der Waals surface area contributed by atoms with Crippen LogP contribution in [0.1, 0.15) is 25.2 Å². The van der Waals surface area contributed by atoms with Crippen LogP contribution in [-0.4, -0.2) is 40.2 Å². The molecular weight excluding hydrogens is 534 g/mol. The number of halogens is 2. The van der Waals surface area contributed by atoms with Gasteiger partial charge >= 0.3 is 5.97 Å². The molecule has 8 nitrogen and oxygen atoms in total. The Kier molecular flexibility index (Phi) is 7.11. The number of benzene rings is 2. The number of hydrogen-bond acceptors (Lipinski definition) is 6. The second-order valence-corrected chi connectivity index (χ2v) is 8.36. The topological polar surface area (TPSA) is 103 Å². The third-order valence-electron chi connectivity index (χ3n) is 4.41. The van der Waals surface area contributed by atoms with Gasteiger partial charge in [-0.25, -0.2) is 9.78 Å². The minimum atomic E-state index is -1.12. The van der Waals surface area contributed by atoms with Crippen molar-refractivity contribution in [2.75, 3.05) is 7.11 Å². The Morgan fingerprint density at radius 3 is 2.68 bits per heavy atom. The van der Waals surface area contributed by atoms with Gasteiger partial charge in [0.15, 0.2) is 17.6 Å². The lowest BCUT2D eigenvalue weighted by molar-refractivity contribution is -0.144. The van der Waals surface area contributed by atoms with E-state index in [1.165, 1.54) is 24.9 Å². The SMILES string of the molecule is CCc1nc2ccc(Br)cc2c(=O)n1N=Cc1cc(Br)cc(OC)c1O[C@H](C)C(=O)O. The Morgan fingerprint density at radius 2 is 2.03 bits per heavy atom. The van der Waals surface area contributed by atoms with Crippen LogP contribution in [0, 0.1) is 0 Å². The molecule has 31 heavy (non-hydrogen) atoms. The molecule has 1 heterocycles. The smallest absolute Gasteiger partial charge is 0.344 e. The molecule has 0 saturated carbocycles. The molecule has 1 aromatic heterocycles. The molecule has 10 heteroatoms. The van der Waals surface area contributed by atoms with Crippen LogP contribution in [0.3, 0.4) is 0 Å². The van der Waals surface area contributed by atoms with Crippen LogP contribution in [0.2, 0.25) is 0 Å². The molecule has 0 amide bonds. The predicted octanol–water partition coefficient (Wildman–Crippen LogP) is 4.23. The lowest BCUT2D eigenvalue weighted by Gasteiger charge is -2.16. The fraction of sp³-hybridized carbons (Fsp3) is 0.238. The van der Waals surface area contributed by atoms with E-state index in [4.69, 9.17) is 9.47 Å². The lowest BCUT2D eigenvalue weighted by Crippen LogP contribution is -2.24. The maximum atomic E-state index is 13.1. The standard InChI is InChI=1S/C21H19Br2N3O5/c1-4-18-25-16-6-5-13(22)8-15(16)20(27)26(18)24-10-12-7-14(23)9-17(30-3)19(12)31-11(2)21(28)29/h5-11H,4H2,1-3H3,(H,28,29)/t11-/m1/s1. The Morgan fingerprint density at radius 1 is 1.29 bits per heavy atom. The van der Waals surface area contributed by atoms with Crippen molar-refractivity contribution in [3.63, 3.8) is 0 Å². The molecule has 0 fully saturated rings. The van der Waals surface area contributed by atoms with Crippen molar-refractivity contribution in [3.8, 4) is 11.5 Å². The van der Waals surface area contributed by atoms with E-state index < -0.39 is 12.1 Å². The first-order chi connectivity index (χ1) is 14.7. The number of ether oxygens (including phenoxy) is 2. The van der Waals surface area contributed by atoms with Gasteiger partial charge in [-0.15, -0.1) is 0 Å². The summed E-state index contributed by atoms with van der Waals surface area (Å²) in [5, 5.41) is 14.0. The third kappa shape index (κ3) is 4.96. The summed E-state index contributed by atoms with van der Waals surface area (Å²) in [5.41, 5.74) is 0.699. The Hall–Kier alpha value is -2.72. The lowest BCUT2D eigenvalue weighted by atomic mass is 10.2. The molecule has 1 atom stereocenters. The van der Waals surface area contributed by atoms with Gasteiger partial charge in [0.05, 0.1) is 24.2 Å².